The summed E-state index contributed by atoms with van der Waals surface area (Å²) in [5, 5.41) is 15.5. The number of amides is 1. The molecule has 1 aromatic heterocycles. The number of carbonyl (C=O) groups is 2. The molecule has 0 bridgehead atoms. The van der Waals surface area contributed by atoms with E-state index in [1.165, 1.54) is 0 Å². The van der Waals surface area contributed by atoms with Crippen molar-refractivity contribution in [1.82, 2.24) is 25.5 Å². The zero-order valence-corrected chi connectivity index (χ0v) is 16.1. The van der Waals surface area contributed by atoms with Crippen LogP contribution in [0, 0.1) is 0 Å². The van der Waals surface area contributed by atoms with Crippen LogP contribution in [0.2, 0.25) is 5.02 Å². The minimum absolute atomic E-state index is 0.159. The number of hydrogen-bond acceptors (Lipinski definition) is 6. The molecule has 29 heavy (non-hydrogen) atoms. The summed E-state index contributed by atoms with van der Waals surface area (Å²) >= 11 is 5.88. The average Bonchev–Trinajstić information content (AvgIpc) is 3.42. The molecule has 1 heterocycles. The van der Waals surface area contributed by atoms with Gasteiger partial charge < -0.3 is 10.1 Å². The van der Waals surface area contributed by atoms with Crippen LogP contribution < -0.4 is 5.32 Å². The quantitative estimate of drug-likeness (QED) is 0.600. The van der Waals surface area contributed by atoms with E-state index in [1.807, 2.05) is 6.07 Å². The second-order valence-corrected chi connectivity index (χ2v) is 7.15. The standard InChI is InChI=1S/C20H18ClN5O3/c21-15-8-6-14(7-9-15)19-23-25-26(24-19)12-17(27)29-18(13-4-2-1-3-5-13)20(28)22-16-10-11-16/h1-9,16,18H,10-12H2,(H,22,28)/t18-/m0/s1. The molecule has 1 aliphatic rings. The van der Waals surface area contributed by atoms with Crippen LogP contribution in [0.3, 0.4) is 0 Å². The molecular weight excluding hydrogens is 394 g/mol. The van der Waals surface area contributed by atoms with Gasteiger partial charge in [0, 0.05) is 22.2 Å². The molecule has 1 aliphatic carbocycles. The second-order valence-electron chi connectivity index (χ2n) is 6.71. The molecule has 1 atom stereocenters. The van der Waals surface area contributed by atoms with Crippen molar-refractivity contribution < 1.29 is 14.3 Å². The molecule has 9 heteroatoms. The monoisotopic (exact) mass is 411 g/mol. The Balaban J connectivity index is 1.44. The Hall–Kier alpha value is -3.26. The predicted octanol–water partition coefficient (Wildman–Crippen LogP) is 2.56. The smallest absolute Gasteiger partial charge is 0.330 e. The molecular formula is C20H18ClN5O3. The summed E-state index contributed by atoms with van der Waals surface area (Å²) < 4.78 is 5.46. The van der Waals surface area contributed by atoms with E-state index in [-0.39, 0.29) is 18.5 Å². The lowest BCUT2D eigenvalue weighted by Crippen LogP contribution is -2.34. The van der Waals surface area contributed by atoms with E-state index in [9.17, 15) is 9.59 Å². The minimum atomic E-state index is -1.02. The number of nitrogens with zero attached hydrogens (tertiary/aromatic N) is 4. The zero-order chi connectivity index (χ0) is 20.2. The largest absolute Gasteiger partial charge is 0.446 e. The molecule has 0 radical (unpaired) electrons. The Kier molecular flexibility index (Phi) is 5.53. The summed E-state index contributed by atoms with van der Waals surface area (Å²) in [6, 6.07) is 16.0. The molecule has 2 aromatic carbocycles. The highest BCUT2D eigenvalue weighted by atomic mass is 35.5. The van der Waals surface area contributed by atoms with Crippen molar-refractivity contribution in [3.05, 3.63) is 65.2 Å². The molecule has 1 N–H and O–H groups in total. The predicted molar refractivity (Wildman–Crippen MR) is 105 cm³/mol. The van der Waals surface area contributed by atoms with Crippen LogP contribution in [-0.4, -0.2) is 38.1 Å². The van der Waals surface area contributed by atoms with Gasteiger partial charge >= 0.3 is 5.97 Å². The maximum Gasteiger partial charge on any atom is 0.330 e. The van der Waals surface area contributed by atoms with Crippen LogP contribution in [0.4, 0.5) is 0 Å². The summed E-state index contributed by atoms with van der Waals surface area (Å²) in [6.45, 7) is -0.263. The van der Waals surface area contributed by atoms with Crippen molar-refractivity contribution >= 4 is 23.5 Å². The van der Waals surface area contributed by atoms with E-state index in [0.29, 0.717) is 16.4 Å². The third kappa shape index (κ3) is 4.97. The lowest BCUT2D eigenvalue weighted by Gasteiger charge is -2.17. The van der Waals surface area contributed by atoms with Gasteiger partial charge in [-0.1, -0.05) is 41.9 Å². The molecule has 148 valence electrons. The van der Waals surface area contributed by atoms with Gasteiger partial charge in [-0.25, -0.2) is 4.79 Å². The fourth-order valence-corrected chi connectivity index (χ4v) is 2.84. The highest BCUT2D eigenvalue weighted by molar-refractivity contribution is 6.30. The summed E-state index contributed by atoms with van der Waals surface area (Å²) in [7, 11) is 0. The van der Waals surface area contributed by atoms with Gasteiger partial charge in [-0.05, 0) is 42.3 Å². The van der Waals surface area contributed by atoms with Gasteiger partial charge in [0.1, 0.15) is 0 Å². The molecule has 3 aromatic rings. The van der Waals surface area contributed by atoms with Crippen LogP contribution in [0.15, 0.2) is 54.6 Å². The lowest BCUT2D eigenvalue weighted by molar-refractivity contribution is -0.157. The van der Waals surface area contributed by atoms with Gasteiger partial charge in [-0.2, -0.15) is 4.80 Å². The third-order valence-corrected chi connectivity index (χ3v) is 4.59. The van der Waals surface area contributed by atoms with Crippen LogP contribution in [0.5, 0.6) is 0 Å². The number of aromatic nitrogens is 4. The Morgan fingerprint density at radius 1 is 1.14 bits per heavy atom. The van der Waals surface area contributed by atoms with Crippen molar-refractivity contribution in [3.63, 3.8) is 0 Å². The fraction of sp³-hybridized carbons (Fsp3) is 0.250. The van der Waals surface area contributed by atoms with Crippen molar-refractivity contribution in [2.24, 2.45) is 0 Å². The number of nitrogens with one attached hydrogen (secondary N) is 1. The highest BCUT2D eigenvalue weighted by Crippen LogP contribution is 2.23. The summed E-state index contributed by atoms with van der Waals surface area (Å²) in [6.07, 6.45) is 0.860. The van der Waals surface area contributed by atoms with Crippen LogP contribution in [-0.2, 0) is 20.9 Å². The molecule has 4 rings (SSSR count). The van der Waals surface area contributed by atoms with Gasteiger partial charge in [0.15, 0.2) is 6.54 Å². The SMILES string of the molecule is O=C(Cn1nnc(-c2ccc(Cl)cc2)n1)O[C@H](C(=O)NC1CC1)c1ccccc1. The molecule has 0 spiro atoms. The van der Waals surface area contributed by atoms with Gasteiger partial charge in [0.2, 0.25) is 11.9 Å². The number of carbonyl (C=O) groups excluding carboxylic acids is 2. The summed E-state index contributed by atoms with van der Waals surface area (Å²) in [5.41, 5.74) is 1.33. The van der Waals surface area contributed by atoms with Crippen molar-refractivity contribution in [3.8, 4) is 11.4 Å². The number of ether oxygens (including phenoxy) is 1. The van der Waals surface area contributed by atoms with E-state index in [2.05, 4.69) is 20.7 Å². The number of rotatable bonds is 7. The third-order valence-electron chi connectivity index (χ3n) is 4.34. The Morgan fingerprint density at radius 3 is 2.55 bits per heavy atom. The van der Waals surface area contributed by atoms with E-state index < -0.39 is 12.1 Å². The van der Waals surface area contributed by atoms with E-state index in [4.69, 9.17) is 16.3 Å². The van der Waals surface area contributed by atoms with Crippen molar-refractivity contribution in [2.45, 2.75) is 31.5 Å². The van der Waals surface area contributed by atoms with Crippen molar-refractivity contribution in [1.29, 1.82) is 0 Å². The lowest BCUT2D eigenvalue weighted by atomic mass is 10.1. The molecule has 1 amide bonds. The van der Waals surface area contributed by atoms with Gasteiger partial charge in [0.05, 0.1) is 0 Å². The highest BCUT2D eigenvalue weighted by Gasteiger charge is 2.31. The number of halogens is 1. The normalized spacial score (nSPS) is 14.2. The van der Waals surface area contributed by atoms with Gasteiger partial charge in [-0.3, -0.25) is 4.79 Å². The maximum absolute atomic E-state index is 12.5. The topological polar surface area (TPSA) is 99.0 Å². The maximum atomic E-state index is 12.5. The summed E-state index contributed by atoms with van der Waals surface area (Å²) in [4.78, 5) is 26.1. The number of benzene rings is 2. The first-order chi connectivity index (χ1) is 14.1. The van der Waals surface area contributed by atoms with E-state index in [0.717, 1.165) is 23.2 Å². The first-order valence-corrected chi connectivity index (χ1v) is 9.55. The van der Waals surface area contributed by atoms with Gasteiger partial charge in [-0.15, -0.1) is 10.2 Å². The first-order valence-electron chi connectivity index (χ1n) is 9.17. The first kappa shape index (κ1) is 19.1. The number of tetrazole rings is 1. The molecule has 0 aliphatic heterocycles. The number of esters is 1. The van der Waals surface area contributed by atoms with Crippen molar-refractivity contribution in [2.75, 3.05) is 0 Å². The Morgan fingerprint density at radius 2 is 1.86 bits per heavy atom. The van der Waals surface area contributed by atoms with Crippen LogP contribution in [0.1, 0.15) is 24.5 Å². The van der Waals surface area contributed by atoms with Crippen LogP contribution >= 0.6 is 11.6 Å². The Labute approximate surface area is 171 Å². The van der Waals surface area contributed by atoms with Gasteiger partial charge in [0.25, 0.3) is 5.91 Å². The fourth-order valence-electron chi connectivity index (χ4n) is 2.71. The molecule has 0 saturated heterocycles. The van der Waals surface area contributed by atoms with E-state index >= 15 is 0 Å². The molecule has 8 nitrogen and oxygen atoms in total. The molecule has 1 saturated carbocycles. The second kappa shape index (κ2) is 8.40. The Bertz CT molecular complexity index is 1000. The average molecular weight is 412 g/mol. The van der Waals surface area contributed by atoms with E-state index in [1.54, 1.807) is 48.5 Å². The zero-order valence-electron chi connectivity index (χ0n) is 15.4. The summed E-state index contributed by atoms with van der Waals surface area (Å²) in [5.74, 6) is -0.606. The number of hydrogen-bond donors (Lipinski definition) is 1. The van der Waals surface area contributed by atoms with Crippen LogP contribution in [0.25, 0.3) is 11.4 Å². The molecule has 0 unspecified atom stereocenters. The molecule has 1 fully saturated rings. The minimum Gasteiger partial charge on any atom is -0.446 e.